The Morgan fingerprint density at radius 1 is 1.23 bits per heavy atom. The van der Waals surface area contributed by atoms with Crippen molar-refractivity contribution < 1.29 is 4.79 Å². The molecular weight excluding hydrogens is 414 g/mol. The predicted octanol–water partition coefficient (Wildman–Crippen LogP) is 4.25. The van der Waals surface area contributed by atoms with E-state index in [2.05, 4.69) is 30.7 Å². The van der Waals surface area contributed by atoms with Crippen LogP contribution in [0.5, 0.6) is 0 Å². The highest BCUT2D eigenvalue weighted by molar-refractivity contribution is 6.30. The molecule has 0 radical (unpaired) electrons. The standard InChI is InChI=1S/C22H22ClN7O/c1-3-30-13-19-22(29-30)28-20(12-25-19)26-14(2)15-5-4-6-17(9-15)27-21(31)11-18-10-16(23)7-8-24-18/h4-10,12-14H,3,11H2,1-2H3,(H,27,31)(H,26,28,29)/t14-/m0/s1. The fourth-order valence-corrected chi connectivity index (χ4v) is 3.36. The fraction of sp³-hybridized carbons (Fsp3) is 0.227. The maximum Gasteiger partial charge on any atom is 0.230 e. The van der Waals surface area contributed by atoms with Gasteiger partial charge in [-0.2, -0.15) is 5.10 Å². The summed E-state index contributed by atoms with van der Waals surface area (Å²) in [5.41, 5.74) is 3.70. The summed E-state index contributed by atoms with van der Waals surface area (Å²) in [5, 5.41) is 11.2. The summed E-state index contributed by atoms with van der Waals surface area (Å²) in [6.07, 6.45) is 5.31. The van der Waals surface area contributed by atoms with Gasteiger partial charge in [-0.15, -0.1) is 0 Å². The lowest BCUT2D eigenvalue weighted by molar-refractivity contribution is -0.115. The molecule has 0 aliphatic carbocycles. The van der Waals surface area contributed by atoms with Gasteiger partial charge in [-0.1, -0.05) is 23.7 Å². The SMILES string of the molecule is CCn1cc2ncc(N[C@@H](C)c3cccc(NC(=O)Cc4cc(Cl)ccn4)c3)nc2n1. The van der Waals surface area contributed by atoms with E-state index < -0.39 is 0 Å². The summed E-state index contributed by atoms with van der Waals surface area (Å²) in [5.74, 6) is 0.484. The van der Waals surface area contributed by atoms with Gasteiger partial charge in [0.05, 0.1) is 30.6 Å². The van der Waals surface area contributed by atoms with Crippen molar-refractivity contribution in [2.75, 3.05) is 10.6 Å². The second-order valence-electron chi connectivity index (χ2n) is 7.13. The lowest BCUT2D eigenvalue weighted by Crippen LogP contribution is -2.15. The van der Waals surface area contributed by atoms with Crippen molar-refractivity contribution in [3.05, 3.63) is 71.3 Å². The minimum Gasteiger partial charge on any atom is -0.362 e. The van der Waals surface area contributed by atoms with Crippen LogP contribution in [0.25, 0.3) is 11.2 Å². The van der Waals surface area contributed by atoms with Crippen molar-refractivity contribution in [2.45, 2.75) is 32.9 Å². The topological polar surface area (TPSA) is 97.6 Å². The molecule has 1 atom stereocenters. The molecule has 8 nitrogen and oxygen atoms in total. The molecule has 2 N–H and O–H groups in total. The van der Waals surface area contributed by atoms with E-state index in [4.69, 9.17) is 11.6 Å². The van der Waals surface area contributed by atoms with Crippen LogP contribution in [0.15, 0.2) is 55.0 Å². The number of carbonyl (C=O) groups excluding carboxylic acids is 1. The molecule has 1 amide bonds. The summed E-state index contributed by atoms with van der Waals surface area (Å²) in [7, 11) is 0. The van der Waals surface area contributed by atoms with Crippen molar-refractivity contribution in [3.63, 3.8) is 0 Å². The van der Waals surface area contributed by atoms with E-state index in [-0.39, 0.29) is 18.4 Å². The highest BCUT2D eigenvalue weighted by Gasteiger charge is 2.11. The third-order valence-corrected chi connectivity index (χ3v) is 4.99. The number of amides is 1. The van der Waals surface area contributed by atoms with E-state index in [1.807, 2.05) is 49.0 Å². The number of hydrogen-bond acceptors (Lipinski definition) is 6. The van der Waals surface area contributed by atoms with Gasteiger partial charge in [0.25, 0.3) is 0 Å². The third kappa shape index (κ3) is 5.16. The van der Waals surface area contributed by atoms with Crippen LogP contribution in [0.2, 0.25) is 5.02 Å². The number of pyridine rings is 1. The molecular formula is C22H22ClN7O. The monoisotopic (exact) mass is 435 g/mol. The summed E-state index contributed by atoms with van der Waals surface area (Å²) < 4.78 is 1.81. The number of nitrogens with one attached hydrogen (secondary N) is 2. The zero-order valence-electron chi connectivity index (χ0n) is 17.2. The molecule has 4 rings (SSSR count). The molecule has 9 heteroatoms. The average molecular weight is 436 g/mol. The number of halogens is 1. The number of hydrogen-bond donors (Lipinski definition) is 2. The Morgan fingerprint density at radius 2 is 2.10 bits per heavy atom. The van der Waals surface area contributed by atoms with Gasteiger partial charge in [0.1, 0.15) is 11.3 Å². The first-order chi connectivity index (χ1) is 15.0. The Balaban J connectivity index is 1.42. The van der Waals surface area contributed by atoms with Crippen LogP contribution in [0.1, 0.15) is 31.1 Å². The fourth-order valence-electron chi connectivity index (χ4n) is 3.18. The molecule has 0 fully saturated rings. The van der Waals surface area contributed by atoms with Gasteiger partial charge < -0.3 is 10.6 Å². The number of carbonyl (C=O) groups is 1. The maximum atomic E-state index is 12.4. The van der Waals surface area contributed by atoms with Crippen LogP contribution in [0.3, 0.4) is 0 Å². The highest BCUT2D eigenvalue weighted by atomic mass is 35.5. The molecule has 0 aliphatic heterocycles. The van der Waals surface area contributed by atoms with E-state index >= 15 is 0 Å². The Labute approximate surface area is 184 Å². The van der Waals surface area contributed by atoms with Crippen molar-refractivity contribution in [2.24, 2.45) is 0 Å². The molecule has 0 saturated carbocycles. The molecule has 0 bridgehead atoms. The first-order valence-corrected chi connectivity index (χ1v) is 10.3. The maximum absolute atomic E-state index is 12.4. The smallest absolute Gasteiger partial charge is 0.230 e. The van der Waals surface area contributed by atoms with E-state index in [0.717, 1.165) is 17.6 Å². The van der Waals surface area contributed by atoms with Gasteiger partial charge in [-0.05, 0) is 43.7 Å². The Bertz CT molecular complexity index is 1220. The molecule has 4 aromatic rings. The van der Waals surface area contributed by atoms with Crippen LogP contribution < -0.4 is 10.6 Å². The molecule has 31 heavy (non-hydrogen) atoms. The van der Waals surface area contributed by atoms with Crippen molar-refractivity contribution >= 4 is 40.2 Å². The lowest BCUT2D eigenvalue weighted by atomic mass is 10.1. The predicted molar refractivity (Wildman–Crippen MR) is 121 cm³/mol. The van der Waals surface area contributed by atoms with Crippen molar-refractivity contribution in [1.82, 2.24) is 24.7 Å². The van der Waals surface area contributed by atoms with E-state index in [1.54, 1.807) is 24.5 Å². The summed E-state index contributed by atoms with van der Waals surface area (Å²) in [6.45, 7) is 4.81. The molecule has 158 valence electrons. The Kier molecular flexibility index (Phi) is 6.08. The number of benzene rings is 1. The first kappa shape index (κ1) is 20.7. The second kappa shape index (κ2) is 9.09. The van der Waals surface area contributed by atoms with Gasteiger partial charge in [-0.25, -0.2) is 9.97 Å². The second-order valence-corrected chi connectivity index (χ2v) is 7.57. The van der Waals surface area contributed by atoms with E-state index in [1.165, 1.54) is 0 Å². The minimum absolute atomic E-state index is 0.0496. The van der Waals surface area contributed by atoms with Crippen molar-refractivity contribution in [1.29, 1.82) is 0 Å². The van der Waals surface area contributed by atoms with Crippen molar-refractivity contribution in [3.8, 4) is 0 Å². The Morgan fingerprint density at radius 3 is 2.90 bits per heavy atom. The first-order valence-electron chi connectivity index (χ1n) is 9.97. The van der Waals surface area contributed by atoms with Crippen LogP contribution in [-0.2, 0) is 17.8 Å². The Hall–Kier alpha value is -3.52. The lowest BCUT2D eigenvalue weighted by Gasteiger charge is -2.16. The number of anilines is 2. The number of fused-ring (bicyclic) bond motifs is 1. The van der Waals surface area contributed by atoms with Gasteiger partial charge in [0.2, 0.25) is 11.6 Å². The van der Waals surface area contributed by atoms with Gasteiger partial charge in [-0.3, -0.25) is 14.5 Å². The zero-order valence-corrected chi connectivity index (χ0v) is 18.0. The molecule has 0 unspecified atom stereocenters. The number of nitrogens with zero attached hydrogens (tertiary/aromatic N) is 5. The summed E-state index contributed by atoms with van der Waals surface area (Å²) >= 11 is 5.96. The molecule has 3 heterocycles. The van der Waals surface area contributed by atoms with E-state index in [0.29, 0.717) is 27.9 Å². The number of aryl methyl sites for hydroxylation is 1. The van der Waals surface area contributed by atoms with Gasteiger partial charge in [0, 0.05) is 23.5 Å². The number of aromatic nitrogens is 5. The minimum atomic E-state index is -0.157. The summed E-state index contributed by atoms with van der Waals surface area (Å²) in [6, 6.07) is 11.0. The number of rotatable bonds is 7. The molecule has 0 spiro atoms. The molecule has 1 aromatic carbocycles. The highest BCUT2D eigenvalue weighted by Crippen LogP contribution is 2.22. The van der Waals surface area contributed by atoms with E-state index in [9.17, 15) is 4.79 Å². The molecule has 0 saturated heterocycles. The van der Waals surface area contributed by atoms with Crippen LogP contribution in [0, 0.1) is 0 Å². The van der Waals surface area contributed by atoms with Crippen LogP contribution >= 0.6 is 11.6 Å². The quantitative estimate of drug-likeness (QED) is 0.450. The largest absolute Gasteiger partial charge is 0.362 e. The normalized spacial score (nSPS) is 12.0. The van der Waals surface area contributed by atoms with Gasteiger partial charge >= 0.3 is 0 Å². The molecule has 0 aliphatic rings. The summed E-state index contributed by atoms with van der Waals surface area (Å²) in [4.78, 5) is 25.5. The third-order valence-electron chi connectivity index (χ3n) is 4.75. The zero-order chi connectivity index (χ0) is 21.8. The van der Waals surface area contributed by atoms with Crippen LogP contribution in [0.4, 0.5) is 11.5 Å². The van der Waals surface area contributed by atoms with Gasteiger partial charge in [0.15, 0.2) is 0 Å². The van der Waals surface area contributed by atoms with Crippen LogP contribution in [-0.4, -0.2) is 30.6 Å². The molecule has 3 aromatic heterocycles. The average Bonchev–Trinajstić information content (AvgIpc) is 3.16.